The van der Waals surface area contributed by atoms with Gasteiger partial charge in [-0.1, -0.05) is 16.8 Å². The van der Waals surface area contributed by atoms with Crippen molar-refractivity contribution >= 4 is 49.1 Å². The number of aromatic nitrogens is 2. The van der Waals surface area contributed by atoms with Crippen molar-refractivity contribution in [3.05, 3.63) is 34.4 Å². The predicted molar refractivity (Wildman–Crippen MR) is 98.0 cm³/mol. The molecule has 0 aromatic carbocycles. The quantitative estimate of drug-likeness (QED) is 0.589. The fourth-order valence-corrected chi connectivity index (χ4v) is 5.48. The summed E-state index contributed by atoms with van der Waals surface area (Å²) in [5.74, 6) is -0.240. The zero-order valence-electron chi connectivity index (χ0n) is 13.9. The summed E-state index contributed by atoms with van der Waals surface area (Å²) in [5.41, 5.74) is 0.317. The number of sulfonamides is 1. The van der Waals surface area contributed by atoms with Crippen LogP contribution in [0.25, 0.3) is 10.2 Å². The summed E-state index contributed by atoms with van der Waals surface area (Å²) >= 11 is 7.34. The third-order valence-corrected chi connectivity index (χ3v) is 6.98. The summed E-state index contributed by atoms with van der Waals surface area (Å²) in [7, 11) is -2.74. The Morgan fingerprint density at radius 1 is 1.50 bits per heavy atom. The number of methoxy groups -OCH3 is 1. The number of pyridine rings is 1. The van der Waals surface area contributed by atoms with Gasteiger partial charge in [-0.25, -0.2) is 17.7 Å². The molecule has 11 heteroatoms. The zero-order chi connectivity index (χ0) is 18.9. The van der Waals surface area contributed by atoms with Gasteiger partial charge < -0.3 is 14.4 Å². The summed E-state index contributed by atoms with van der Waals surface area (Å²) in [6.45, 7) is 1.72. The molecule has 1 N–H and O–H groups in total. The number of fused-ring (bicyclic) bond motifs is 1. The standard InChI is InChI=1S/C15H16ClN3O5S2/c1-9-13(16)15(24-18-9)19(12(20)5-7-23-2)26(21,22)11-8-25-14-10(11)4-3-6-17-14/h3-4,6,8,12,20H,5,7H2,1-2H3. The first-order valence-corrected chi connectivity index (χ1v) is 10.2. The molecule has 8 nitrogen and oxygen atoms in total. The van der Waals surface area contributed by atoms with Crippen LogP contribution < -0.4 is 4.31 Å². The van der Waals surface area contributed by atoms with Gasteiger partial charge in [-0.3, -0.25) is 0 Å². The Balaban J connectivity index is 2.15. The molecule has 3 aromatic heterocycles. The predicted octanol–water partition coefficient (Wildman–Crippen LogP) is 2.80. The molecule has 0 amide bonds. The number of hydrogen-bond donors (Lipinski definition) is 1. The van der Waals surface area contributed by atoms with Gasteiger partial charge in [0.25, 0.3) is 15.9 Å². The molecule has 140 valence electrons. The molecule has 0 saturated carbocycles. The highest BCUT2D eigenvalue weighted by Crippen LogP contribution is 2.37. The number of aliphatic hydroxyl groups excluding tert-OH is 1. The van der Waals surface area contributed by atoms with Gasteiger partial charge in [-0.05, 0) is 19.1 Å². The second kappa shape index (κ2) is 7.49. The van der Waals surface area contributed by atoms with Crippen molar-refractivity contribution in [1.29, 1.82) is 0 Å². The van der Waals surface area contributed by atoms with Gasteiger partial charge in [-0.15, -0.1) is 11.3 Å². The second-order valence-corrected chi connectivity index (χ2v) is 8.43. The molecule has 0 fully saturated rings. The average molecular weight is 418 g/mol. The molecule has 0 aliphatic carbocycles. The first-order valence-electron chi connectivity index (χ1n) is 7.53. The number of nitrogens with zero attached hydrogens (tertiary/aromatic N) is 3. The van der Waals surface area contributed by atoms with Gasteiger partial charge in [0.1, 0.15) is 26.7 Å². The van der Waals surface area contributed by atoms with E-state index in [9.17, 15) is 13.5 Å². The minimum Gasteiger partial charge on any atom is -0.385 e. The lowest BCUT2D eigenvalue weighted by atomic mass is 10.3. The number of rotatable bonds is 7. The van der Waals surface area contributed by atoms with E-state index in [-0.39, 0.29) is 28.8 Å². The highest BCUT2D eigenvalue weighted by molar-refractivity contribution is 7.93. The molecule has 0 radical (unpaired) electrons. The molecule has 0 spiro atoms. The number of thiophene rings is 1. The highest BCUT2D eigenvalue weighted by Gasteiger charge is 2.37. The van der Waals surface area contributed by atoms with Crippen molar-refractivity contribution in [3.8, 4) is 0 Å². The van der Waals surface area contributed by atoms with Crippen molar-refractivity contribution in [2.75, 3.05) is 18.0 Å². The van der Waals surface area contributed by atoms with Crippen molar-refractivity contribution in [2.24, 2.45) is 0 Å². The number of hydrogen-bond acceptors (Lipinski definition) is 8. The Labute approximate surface area is 159 Å². The Morgan fingerprint density at radius 2 is 2.27 bits per heavy atom. The van der Waals surface area contributed by atoms with E-state index in [1.807, 2.05) is 0 Å². The lowest BCUT2D eigenvalue weighted by Gasteiger charge is -2.26. The van der Waals surface area contributed by atoms with Crippen molar-refractivity contribution in [2.45, 2.75) is 24.5 Å². The number of aliphatic hydroxyl groups is 1. The first kappa shape index (κ1) is 19.1. The number of aryl methyl sites for hydroxylation is 1. The van der Waals surface area contributed by atoms with E-state index in [2.05, 4.69) is 10.1 Å². The number of halogens is 1. The lowest BCUT2D eigenvalue weighted by Crippen LogP contribution is -2.41. The topological polar surface area (TPSA) is 106 Å². The maximum atomic E-state index is 13.3. The molecule has 1 atom stereocenters. The summed E-state index contributed by atoms with van der Waals surface area (Å²) in [5, 5.41) is 16.2. The van der Waals surface area contributed by atoms with Gasteiger partial charge in [0.15, 0.2) is 0 Å². The third kappa shape index (κ3) is 3.30. The fraction of sp³-hybridized carbons (Fsp3) is 0.333. The SMILES string of the molecule is COCCC(O)N(c1onc(C)c1Cl)S(=O)(=O)c1csc2ncccc12. The van der Waals surface area contributed by atoms with E-state index < -0.39 is 16.3 Å². The van der Waals surface area contributed by atoms with Crippen LogP contribution in [0.2, 0.25) is 5.02 Å². The van der Waals surface area contributed by atoms with E-state index in [0.29, 0.717) is 15.9 Å². The number of ether oxygens (including phenoxy) is 1. The fourth-order valence-electron chi connectivity index (χ4n) is 2.38. The molecule has 0 bridgehead atoms. The Hall–Kier alpha value is -1.72. The van der Waals surface area contributed by atoms with Crippen LogP contribution in [0.4, 0.5) is 5.88 Å². The highest BCUT2D eigenvalue weighted by atomic mass is 35.5. The van der Waals surface area contributed by atoms with Crippen molar-refractivity contribution in [1.82, 2.24) is 10.1 Å². The molecule has 3 rings (SSSR count). The van der Waals surface area contributed by atoms with Crippen LogP contribution in [-0.2, 0) is 14.8 Å². The molecule has 1 unspecified atom stereocenters. The molecule has 0 aliphatic rings. The van der Waals surface area contributed by atoms with Crippen LogP contribution in [0.1, 0.15) is 12.1 Å². The van der Waals surface area contributed by atoms with Gasteiger partial charge in [0.2, 0.25) is 0 Å². The molecule has 0 saturated heterocycles. The van der Waals surface area contributed by atoms with Gasteiger partial charge in [0.05, 0.1) is 6.61 Å². The average Bonchev–Trinajstić information content (AvgIpc) is 3.19. The van der Waals surface area contributed by atoms with Crippen LogP contribution >= 0.6 is 22.9 Å². The monoisotopic (exact) mass is 417 g/mol. The normalized spacial score (nSPS) is 13.2. The molecular weight excluding hydrogens is 402 g/mol. The van der Waals surface area contributed by atoms with Crippen LogP contribution in [0.15, 0.2) is 33.1 Å². The summed E-state index contributed by atoms with van der Waals surface area (Å²) in [6.07, 6.45) is 0.153. The lowest BCUT2D eigenvalue weighted by molar-refractivity contribution is 0.114. The Kier molecular flexibility index (Phi) is 5.49. The Bertz CT molecular complexity index is 1020. The first-order chi connectivity index (χ1) is 12.4. The molecular formula is C15H16ClN3O5S2. The van der Waals surface area contributed by atoms with Crippen LogP contribution in [0.3, 0.4) is 0 Å². The van der Waals surface area contributed by atoms with E-state index in [0.717, 1.165) is 4.31 Å². The smallest absolute Gasteiger partial charge is 0.270 e. The van der Waals surface area contributed by atoms with Crippen LogP contribution in [0, 0.1) is 6.92 Å². The van der Waals surface area contributed by atoms with Crippen molar-refractivity contribution < 1.29 is 22.8 Å². The van der Waals surface area contributed by atoms with Crippen LogP contribution in [-0.4, -0.2) is 43.6 Å². The minimum absolute atomic E-state index is 0.00665. The summed E-state index contributed by atoms with van der Waals surface area (Å²) < 4.78 is 37.4. The van der Waals surface area contributed by atoms with E-state index >= 15 is 0 Å². The van der Waals surface area contributed by atoms with Gasteiger partial charge in [-0.2, -0.15) is 0 Å². The van der Waals surface area contributed by atoms with E-state index in [4.69, 9.17) is 20.9 Å². The third-order valence-electron chi connectivity index (χ3n) is 3.68. The summed E-state index contributed by atoms with van der Waals surface area (Å²) in [6, 6.07) is 3.30. The maximum absolute atomic E-state index is 13.3. The van der Waals surface area contributed by atoms with E-state index in [1.165, 1.54) is 23.8 Å². The molecule has 0 aliphatic heterocycles. The van der Waals surface area contributed by atoms with E-state index in [1.54, 1.807) is 25.3 Å². The Morgan fingerprint density at radius 3 is 2.92 bits per heavy atom. The largest absolute Gasteiger partial charge is 0.385 e. The maximum Gasteiger partial charge on any atom is 0.270 e. The molecule has 26 heavy (non-hydrogen) atoms. The number of anilines is 1. The zero-order valence-corrected chi connectivity index (χ0v) is 16.3. The van der Waals surface area contributed by atoms with Crippen molar-refractivity contribution in [3.63, 3.8) is 0 Å². The van der Waals surface area contributed by atoms with Gasteiger partial charge in [0, 0.05) is 30.5 Å². The summed E-state index contributed by atoms with van der Waals surface area (Å²) in [4.78, 5) is 4.73. The second-order valence-electron chi connectivity index (χ2n) is 5.41. The van der Waals surface area contributed by atoms with Crippen LogP contribution in [0.5, 0.6) is 0 Å². The minimum atomic E-state index is -4.20. The molecule has 3 heterocycles. The molecule has 3 aromatic rings. The van der Waals surface area contributed by atoms with Gasteiger partial charge >= 0.3 is 0 Å².